The normalized spacial score (nSPS) is 10.1. The highest BCUT2D eigenvalue weighted by Crippen LogP contribution is 2.12. The number of aryl methyl sites for hydroxylation is 1. The second-order valence-electron chi connectivity index (χ2n) is 4.00. The third-order valence-corrected chi connectivity index (χ3v) is 2.54. The molecule has 0 spiro atoms. The number of carbonyl (C=O) groups excluding carboxylic acids is 1. The predicted molar refractivity (Wildman–Crippen MR) is 67.5 cm³/mol. The van der Waals surface area contributed by atoms with Crippen molar-refractivity contribution in [2.75, 3.05) is 13.1 Å². The minimum Gasteiger partial charge on any atom is -0.335 e. The summed E-state index contributed by atoms with van der Waals surface area (Å²) in [5.41, 5.74) is 1.02. The molecular weight excluding hydrogens is 217 g/mol. The Labute approximate surface area is 102 Å². The number of nitrogens with zero attached hydrogens (tertiary/aromatic N) is 1. The Bertz CT molecular complexity index is 415. The fraction of sp³-hybridized carbons (Fsp3) is 0.357. The van der Waals surface area contributed by atoms with Crippen LogP contribution in [0, 0.1) is 12.7 Å². The van der Waals surface area contributed by atoms with Crippen molar-refractivity contribution in [2.45, 2.75) is 20.3 Å². The standard InChI is InChI=1S/C14H18FNO/c1-4-8-16(9-5-2)14(17)12-6-7-13(15)11(3)10-12/h4,6-7,10H,1,5,8-9H2,2-3H3. The molecule has 3 heteroatoms. The van der Waals surface area contributed by atoms with E-state index in [1.54, 1.807) is 24.0 Å². The average molecular weight is 235 g/mol. The Morgan fingerprint density at radius 1 is 1.53 bits per heavy atom. The van der Waals surface area contributed by atoms with Gasteiger partial charge in [-0.1, -0.05) is 13.0 Å². The molecule has 1 aromatic carbocycles. The largest absolute Gasteiger partial charge is 0.335 e. The highest BCUT2D eigenvalue weighted by molar-refractivity contribution is 5.94. The summed E-state index contributed by atoms with van der Waals surface area (Å²) in [4.78, 5) is 13.9. The first-order valence-corrected chi connectivity index (χ1v) is 5.76. The summed E-state index contributed by atoms with van der Waals surface area (Å²) in [5.74, 6) is -0.359. The van der Waals surface area contributed by atoms with Crippen molar-refractivity contribution < 1.29 is 9.18 Å². The van der Waals surface area contributed by atoms with Gasteiger partial charge in [0.25, 0.3) is 5.91 Å². The number of amides is 1. The Morgan fingerprint density at radius 2 is 2.24 bits per heavy atom. The van der Waals surface area contributed by atoms with Crippen molar-refractivity contribution >= 4 is 5.91 Å². The molecule has 0 radical (unpaired) electrons. The van der Waals surface area contributed by atoms with Gasteiger partial charge in [0.15, 0.2) is 0 Å². The van der Waals surface area contributed by atoms with Gasteiger partial charge in [0.1, 0.15) is 5.82 Å². The molecule has 0 saturated carbocycles. The van der Waals surface area contributed by atoms with Crippen LogP contribution in [0.2, 0.25) is 0 Å². The molecule has 0 N–H and O–H groups in total. The van der Waals surface area contributed by atoms with E-state index in [2.05, 4.69) is 6.58 Å². The van der Waals surface area contributed by atoms with Crippen LogP contribution in [0.4, 0.5) is 4.39 Å². The van der Waals surface area contributed by atoms with Gasteiger partial charge in [0, 0.05) is 18.7 Å². The minimum atomic E-state index is -0.285. The second kappa shape index (κ2) is 6.18. The van der Waals surface area contributed by atoms with E-state index in [9.17, 15) is 9.18 Å². The van der Waals surface area contributed by atoms with Crippen molar-refractivity contribution in [1.29, 1.82) is 0 Å². The number of carbonyl (C=O) groups is 1. The van der Waals surface area contributed by atoms with Gasteiger partial charge in [-0.25, -0.2) is 4.39 Å². The van der Waals surface area contributed by atoms with E-state index < -0.39 is 0 Å². The van der Waals surface area contributed by atoms with Gasteiger partial charge in [-0.2, -0.15) is 0 Å². The number of benzene rings is 1. The first-order chi connectivity index (χ1) is 8.10. The van der Waals surface area contributed by atoms with Crippen molar-refractivity contribution in [3.05, 3.63) is 47.8 Å². The van der Waals surface area contributed by atoms with E-state index in [0.29, 0.717) is 24.2 Å². The van der Waals surface area contributed by atoms with Crippen LogP contribution in [0.3, 0.4) is 0 Å². The summed E-state index contributed by atoms with van der Waals surface area (Å²) < 4.78 is 13.1. The third kappa shape index (κ3) is 3.41. The van der Waals surface area contributed by atoms with Gasteiger partial charge < -0.3 is 4.90 Å². The van der Waals surface area contributed by atoms with E-state index in [1.807, 2.05) is 6.92 Å². The zero-order valence-electron chi connectivity index (χ0n) is 10.4. The lowest BCUT2D eigenvalue weighted by molar-refractivity contribution is 0.0774. The zero-order valence-corrected chi connectivity index (χ0v) is 10.4. The van der Waals surface area contributed by atoms with Crippen molar-refractivity contribution in [2.24, 2.45) is 0 Å². The van der Waals surface area contributed by atoms with Crippen LogP contribution >= 0.6 is 0 Å². The monoisotopic (exact) mass is 235 g/mol. The van der Waals surface area contributed by atoms with Crippen molar-refractivity contribution in [3.63, 3.8) is 0 Å². The molecule has 1 aromatic rings. The molecule has 2 nitrogen and oxygen atoms in total. The molecule has 92 valence electrons. The molecule has 0 aromatic heterocycles. The summed E-state index contributed by atoms with van der Waals surface area (Å²) in [6.45, 7) is 8.51. The lowest BCUT2D eigenvalue weighted by Crippen LogP contribution is -2.31. The summed E-state index contributed by atoms with van der Waals surface area (Å²) >= 11 is 0. The van der Waals surface area contributed by atoms with Crippen LogP contribution in [0.25, 0.3) is 0 Å². The average Bonchev–Trinajstić information content (AvgIpc) is 2.31. The van der Waals surface area contributed by atoms with Crippen molar-refractivity contribution in [3.8, 4) is 0 Å². The minimum absolute atomic E-state index is 0.0742. The van der Waals surface area contributed by atoms with Crippen LogP contribution < -0.4 is 0 Å². The molecule has 0 aliphatic carbocycles. The molecule has 0 aliphatic heterocycles. The molecule has 0 bridgehead atoms. The Kier molecular flexibility index (Phi) is 4.88. The van der Waals surface area contributed by atoms with Gasteiger partial charge in [-0.05, 0) is 37.1 Å². The first-order valence-electron chi connectivity index (χ1n) is 5.76. The molecule has 1 amide bonds. The third-order valence-electron chi connectivity index (χ3n) is 2.54. The maximum absolute atomic E-state index is 13.1. The quantitative estimate of drug-likeness (QED) is 0.718. The molecule has 0 saturated heterocycles. The number of rotatable bonds is 5. The van der Waals surface area contributed by atoms with E-state index in [0.717, 1.165) is 6.42 Å². The fourth-order valence-corrected chi connectivity index (χ4v) is 1.66. The SMILES string of the molecule is C=CCN(CCC)C(=O)c1ccc(F)c(C)c1. The topological polar surface area (TPSA) is 20.3 Å². The maximum Gasteiger partial charge on any atom is 0.254 e. The molecule has 0 aliphatic rings. The number of hydrogen-bond donors (Lipinski definition) is 0. The van der Waals surface area contributed by atoms with Crippen LogP contribution in [0.15, 0.2) is 30.9 Å². The lowest BCUT2D eigenvalue weighted by Gasteiger charge is -2.20. The summed E-state index contributed by atoms with van der Waals surface area (Å²) in [6, 6.07) is 4.44. The number of halogens is 1. The van der Waals surface area contributed by atoms with E-state index >= 15 is 0 Å². The highest BCUT2D eigenvalue weighted by Gasteiger charge is 2.14. The van der Waals surface area contributed by atoms with Crippen molar-refractivity contribution in [1.82, 2.24) is 4.90 Å². The highest BCUT2D eigenvalue weighted by atomic mass is 19.1. The second-order valence-corrected chi connectivity index (χ2v) is 4.00. The van der Waals surface area contributed by atoms with Gasteiger partial charge in [-0.3, -0.25) is 4.79 Å². The molecule has 0 unspecified atom stereocenters. The van der Waals surface area contributed by atoms with Crippen LogP contribution in [-0.4, -0.2) is 23.9 Å². The molecule has 0 fully saturated rings. The molecular formula is C14H18FNO. The van der Waals surface area contributed by atoms with Crippen LogP contribution in [0.1, 0.15) is 29.3 Å². The fourth-order valence-electron chi connectivity index (χ4n) is 1.66. The smallest absolute Gasteiger partial charge is 0.254 e. The Hall–Kier alpha value is -1.64. The van der Waals surface area contributed by atoms with E-state index in [1.165, 1.54) is 12.1 Å². The summed E-state index contributed by atoms with van der Waals surface area (Å²) in [5, 5.41) is 0. The van der Waals surface area contributed by atoms with E-state index in [-0.39, 0.29) is 11.7 Å². The Morgan fingerprint density at radius 3 is 2.76 bits per heavy atom. The van der Waals surface area contributed by atoms with Crippen LogP contribution in [0.5, 0.6) is 0 Å². The van der Waals surface area contributed by atoms with Gasteiger partial charge in [0.2, 0.25) is 0 Å². The molecule has 17 heavy (non-hydrogen) atoms. The summed E-state index contributed by atoms with van der Waals surface area (Å²) in [7, 11) is 0. The lowest BCUT2D eigenvalue weighted by atomic mass is 10.1. The van der Waals surface area contributed by atoms with Crippen LogP contribution in [-0.2, 0) is 0 Å². The van der Waals surface area contributed by atoms with Gasteiger partial charge in [0.05, 0.1) is 0 Å². The first kappa shape index (κ1) is 13.4. The zero-order chi connectivity index (χ0) is 12.8. The molecule has 0 atom stereocenters. The van der Waals surface area contributed by atoms with Gasteiger partial charge >= 0.3 is 0 Å². The predicted octanol–water partition coefficient (Wildman–Crippen LogP) is 3.17. The number of hydrogen-bond acceptors (Lipinski definition) is 1. The summed E-state index contributed by atoms with van der Waals surface area (Å²) in [6.07, 6.45) is 2.59. The molecule has 1 rings (SSSR count). The van der Waals surface area contributed by atoms with Gasteiger partial charge in [-0.15, -0.1) is 6.58 Å². The maximum atomic E-state index is 13.1. The van der Waals surface area contributed by atoms with E-state index in [4.69, 9.17) is 0 Å². The Balaban J connectivity index is 2.92. The molecule has 0 heterocycles.